The average Bonchev–Trinajstić information content (AvgIpc) is 2.67. The molecule has 0 spiro atoms. The maximum absolute atomic E-state index is 2.69. The van der Waals surface area contributed by atoms with Crippen molar-refractivity contribution >= 4 is 40.8 Å². The second-order valence-corrected chi connectivity index (χ2v) is 10.5. The third-order valence-corrected chi connectivity index (χ3v) is 8.14. The Morgan fingerprint density at radius 1 is 1.04 bits per heavy atom. The molecule has 0 saturated heterocycles. The lowest BCUT2D eigenvalue weighted by atomic mass is 9.67. The molecule has 0 aromatic heterocycles. The van der Waals surface area contributed by atoms with Crippen molar-refractivity contribution < 1.29 is 0 Å². The summed E-state index contributed by atoms with van der Waals surface area (Å²) in [6.07, 6.45) is 23.4. The third-order valence-electron chi connectivity index (χ3n) is 7.01. The molecular formula is C25H33I. The lowest BCUT2D eigenvalue weighted by molar-refractivity contribution is 0.137. The Morgan fingerprint density at radius 2 is 1.88 bits per heavy atom. The van der Waals surface area contributed by atoms with Gasteiger partial charge in [0.15, 0.2) is 0 Å². The molecule has 1 heteroatoms. The second-order valence-electron chi connectivity index (χ2n) is 8.74. The zero-order chi connectivity index (χ0) is 17.9. The number of benzene rings is 1. The molecule has 0 heterocycles. The number of fused-ring (bicyclic) bond motifs is 2. The van der Waals surface area contributed by atoms with E-state index < -0.39 is 0 Å². The van der Waals surface area contributed by atoms with Crippen LogP contribution in [-0.4, -0.2) is 3.92 Å². The number of aryl methyl sites for hydroxylation is 1. The second kappa shape index (κ2) is 8.63. The molecule has 1 aromatic carbocycles. The first-order chi connectivity index (χ1) is 12.7. The van der Waals surface area contributed by atoms with Crippen LogP contribution in [0.3, 0.4) is 0 Å². The summed E-state index contributed by atoms with van der Waals surface area (Å²) in [7, 11) is 0. The predicted molar refractivity (Wildman–Crippen MR) is 123 cm³/mol. The van der Waals surface area contributed by atoms with Crippen LogP contribution >= 0.6 is 22.6 Å². The van der Waals surface area contributed by atoms with Crippen molar-refractivity contribution in [2.45, 2.75) is 75.1 Å². The average molecular weight is 460 g/mol. The van der Waals surface area contributed by atoms with Crippen molar-refractivity contribution in [3.05, 3.63) is 39.8 Å². The molecule has 3 aliphatic carbocycles. The Hall–Kier alpha value is -0.570. The Kier molecular flexibility index (Phi) is 6.23. The molecule has 2 fully saturated rings. The summed E-state index contributed by atoms with van der Waals surface area (Å²) in [6, 6.07) is 4.78. The van der Waals surface area contributed by atoms with Gasteiger partial charge in [0.25, 0.3) is 0 Å². The number of hydrogen-bond acceptors (Lipinski definition) is 0. The summed E-state index contributed by atoms with van der Waals surface area (Å²) in [5, 5.41) is 2.98. The summed E-state index contributed by atoms with van der Waals surface area (Å²) < 4.78 is 0.952. The zero-order valence-electron chi connectivity index (χ0n) is 16.2. The van der Waals surface area contributed by atoms with Crippen LogP contribution in [0.1, 0.15) is 75.8 Å². The van der Waals surface area contributed by atoms with E-state index in [0.29, 0.717) is 0 Å². The summed E-state index contributed by atoms with van der Waals surface area (Å²) in [5.41, 5.74) is 3.04. The smallest absolute Gasteiger partial charge is 0.0112 e. The first kappa shape index (κ1) is 18.8. The van der Waals surface area contributed by atoms with E-state index in [1.54, 1.807) is 5.56 Å². The number of hydrogen-bond donors (Lipinski definition) is 0. The molecule has 0 amide bonds. The van der Waals surface area contributed by atoms with Gasteiger partial charge in [0, 0.05) is 3.92 Å². The normalized spacial score (nSPS) is 32.4. The van der Waals surface area contributed by atoms with Gasteiger partial charge in [-0.1, -0.05) is 66.0 Å². The van der Waals surface area contributed by atoms with Crippen molar-refractivity contribution in [3.63, 3.8) is 0 Å². The fourth-order valence-electron chi connectivity index (χ4n) is 5.60. The molecule has 3 aliphatic rings. The van der Waals surface area contributed by atoms with Crippen LogP contribution in [0.5, 0.6) is 0 Å². The van der Waals surface area contributed by atoms with Gasteiger partial charge >= 0.3 is 0 Å². The number of alkyl halides is 1. The minimum atomic E-state index is 0.920. The Bertz CT molecular complexity index is 772. The van der Waals surface area contributed by atoms with Crippen LogP contribution in [0.15, 0.2) is 18.2 Å². The van der Waals surface area contributed by atoms with Crippen molar-refractivity contribution in [1.82, 2.24) is 0 Å². The van der Waals surface area contributed by atoms with Gasteiger partial charge < -0.3 is 0 Å². The minimum absolute atomic E-state index is 0.920. The van der Waals surface area contributed by atoms with Crippen LogP contribution in [0.25, 0.3) is 18.2 Å². The quantitative estimate of drug-likeness (QED) is 0.382. The highest BCUT2D eigenvalue weighted by Crippen LogP contribution is 2.45. The number of allylic oxidation sites excluding steroid dienone is 1. The first-order valence-electron chi connectivity index (χ1n) is 10.9. The molecule has 0 nitrogen and oxygen atoms in total. The van der Waals surface area contributed by atoms with Crippen molar-refractivity contribution in [2.75, 3.05) is 0 Å². The molecule has 3 unspecified atom stereocenters. The lowest BCUT2D eigenvalue weighted by Crippen LogP contribution is -2.32. The first-order valence-corrected chi connectivity index (χ1v) is 12.1. The maximum Gasteiger partial charge on any atom is 0.0112 e. The molecule has 140 valence electrons. The Morgan fingerprint density at radius 3 is 2.77 bits per heavy atom. The molecule has 1 aromatic rings. The molecule has 0 aliphatic heterocycles. The van der Waals surface area contributed by atoms with Gasteiger partial charge in [-0.15, -0.1) is 0 Å². The highest BCUT2D eigenvalue weighted by Gasteiger charge is 2.34. The van der Waals surface area contributed by atoms with Crippen molar-refractivity contribution in [2.24, 2.45) is 17.8 Å². The molecule has 4 rings (SSSR count). The van der Waals surface area contributed by atoms with E-state index >= 15 is 0 Å². The summed E-state index contributed by atoms with van der Waals surface area (Å²) in [6.45, 7) is 2.26. The molecule has 0 N–H and O–H groups in total. The Labute approximate surface area is 173 Å². The fourth-order valence-corrected chi connectivity index (χ4v) is 6.61. The van der Waals surface area contributed by atoms with Crippen LogP contribution in [0.4, 0.5) is 0 Å². The van der Waals surface area contributed by atoms with Crippen LogP contribution in [-0.2, 0) is 6.42 Å². The number of rotatable bonds is 3. The standard InChI is InChI=1S/C25H33I/c1-2-5-24-20(13-12-19-6-3-4-7-25(19)24)10-8-18-9-11-22-17-23(26)15-14-21(22)16-18/h4-5,7,10,12-13,18,21-23H,2-3,6,8-9,11,14-17H2,1H3/b20-10-,24-5+/t18?,21-,22?,23?/m0/s1. The summed E-state index contributed by atoms with van der Waals surface area (Å²) in [5.74, 6) is 2.99. The van der Waals surface area contributed by atoms with Gasteiger partial charge in [-0.3, -0.25) is 0 Å². The van der Waals surface area contributed by atoms with E-state index in [1.165, 1.54) is 73.8 Å². The molecule has 0 radical (unpaired) electrons. The Balaban J connectivity index is 1.53. The monoisotopic (exact) mass is 460 g/mol. The van der Waals surface area contributed by atoms with E-state index in [4.69, 9.17) is 0 Å². The van der Waals surface area contributed by atoms with Gasteiger partial charge in [0.05, 0.1) is 0 Å². The van der Waals surface area contributed by atoms with Crippen molar-refractivity contribution in [3.8, 4) is 0 Å². The topological polar surface area (TPSA) is 0 Å². The van der Waals surface area contributed by atoms with E-state index in [2.05, 4.69) is 66.0 Å². The zero-order valence-corrected chi connectivity index (χ0v) is 18.4. The SMILES string of the molecule is CC/C=c1/c2c(cc/c1=C/CC1CCC3CC(I)CC[C@H]3C1)CCC=C2. The van der Waals surface area contributed by atoms with Crippen LogP contribution in [0.2, 0.25) is 0 Å². The van der Waals surface area contributed by atoms with Gasteiger partial charge in [0.1, 0.15) is 0 Å². The molecule has 0 bridgehead atoms. The van der Waals surface area contributed by atoms with E-state index in [1.807, 2.05) is 0 Å². The van der Waals surface area contributed by atoms with Crippen LogP contribution < -0.4 is 10.4 Å². The lowest BCUT2D eigenvalue weighted by Gasteiger charge is -2.40. The summed E-state index contributed by atoms with van der Waals surface area (Å²) in [4.78, 5) is 0. The predicted octanol–water partition coefficient (Wildman–Crippen LogP) is 6.03. The number of halogens is 1. The molecule has 2 saturated carbocycles. The third kappa shape index (κ3) is 4.13. The van der Waals surface area contributed by atoms with Crippen molar-refractivity contribution in [1.29, 1.82) is 0 Å². The largest absolute Gasteiger partial charge is 0.0836 e. The van der Waals surface area contributed by atoms with E-state index in [0.717, 1.165) is 28.1 Å². The molecule has 26 heavy (non-hydrogen) atoms. The molecular weight excluding hydrogens is 427 g/mol. The minimum Gasteiger partial charge on any atom is -0.0836 e. The molecule has 4 atom stereocenters. The van der Waals surface area contributed by atoms with Gasteiger partial charge in [0.2, 0.25) is 0 Å². The van der Waals surface area contributed by atoms with Gasteiger partial charge in [-0.25, -0.2) is 0 Å². The van der Waals surface area contributed by atoms with E-state index in [9.17, 15) is 0 Å². The van der Waals surface area contributed by atoms with Gasteiger partial charge in [-0.05, 0) is 104 Å². The van der Waals surface area contributed by atoms with Gasteiger partial charge in [-0.2, -0.15) is 0 Å². The van der Waals surface area contributed by atoms with Crippen LogP contribution in [0, 0.1) is 17.8 Å². The highest BCUT2D eigenvalue weighted by atomic mass is 127. The van der Waals surface area contributed by atoms with E-state index in [-0.39, 0.29) is 0 Å². The summed E-state index contributed by atoms with van der Waals surface area (Å²) >= 11 is 2.69. The maximum atomic E-state index is 2.69. The fraction of sp³-hybridized carbons (Fsp3) is 0.600. The highest BCUT2D eigenvalue weighted by molar-refractivity contribution is 14.1.